The zero-order valence-electron chi connectivity index (χ0n) is 10.2. The van der Waals surface area contributed by atoms with Crippen LogP contribution in [0.15, 0.2) is 29.7 Å². The number of nitrogens with two attached hydrogens (primary N) is 1. The quantitative estimate of drug-likeness (QED) is 0.870. The van der Waals surface area contributed by atoms with Crippen molar-refractivity contribution in [2.45, 2.75) is 25.6 Å². The van der Waals surface area contributed by atoms with Crippen molar-refractivity contribution in [3.63, 3.8) is 0 Å². The molecule has 0 radical (unpaired) electrons. The predicted octanol–water partition coefficient (Wildman–Crippen LogP) is 3.16. The summed E-state index contributed by atoms with van der Waals surface area (Å²) in [4.78, 5) is 0. The van der Waals surface area contributed by atoms with Gasteiger partial charge in [-0.25, -0.2) is 4.39 Å². The predicted molar refractivity (Wildman–Crippen MR) is 73.9 cm³/mol. The molecule has 0 saturated carbocycles. The molecule has 0 spiro atoms. The third-order valence-corrected chi connectivity index (χ3v) is 3.30. The molecule has 0 aliphatic carbocycles. The lowest BCUT2D eigenvalue weighted by atomic mass is 10.2. The Balaban J connectivity index is 0.000000686. The third kappa shape index (κ3) is 4.06. The second-order valence-electron chi connectivity index (χ2n) is 3.38. The summed E-state index contributed by atoms with van der Waals surface area (Å²) >= 11 is 1.73. The highest BCUT2D eigenvalue weighted by molar-refractivity contribution is 8.03. The van der Waals surface area contributed by atoms with Gasteiger partial charge in [0.25, 0.3) is 0 Å². The van der Waals surface area contributed by atoms with Gasteiger partial charge in [0, 0.05) is 5.70 Å². The monoisotopic (exact) mass is 254 g/mol. The van der Waals surface area contributed by atoms with Gasteiger partial charge >= 0.3 is 0 Å². The number of rotatable bonds is 3. The Morgan fingerprint density at radius 2 is 1.94 bits per heavy atom. The molecule has 17 heavy (non-hydrogen) atoms. The molecule has 1 atom stereocenters. The molecule has 2 rings (SSSR count). The van der Waals surface area contributed by atoms with Gasteiger partial charge in [0.05, 0.1) is 5.37 Å². The molecule has 0 amide bonds. The van der Waals surface area contributed by atoms with E-state index < -0.39 is 0 Å². The maximum Gasteiger partial charge on any atom is 0.123 e. The summed E-state index contributed by atoms with van der Waals surface area (Å²) in [5.41, 5.74) is 7.56. The lowest BCUT2D eigenvalue weighted by Crippen LogP contribution is -2.22. The second-order valence-corrected chi connectivity index (χ2v) is 4.46. The molecular weight excluding hydrogens is 235 g/mol. The van der Waals surface area contributed by atoms with Gasteiger partial charge in [-0.05, 0) is 48.2 Å². The molecular formula is C13H19FN2S. The van der Waals surface area contributed by atoms with Gasteiger partial charge in [0.1, 0.15) is 5.82 Å². The first-order valence-electron chi connectivity index (χ1n) is 5.88. The van der Waals surface area contributed by atoms with Gasteiger partial charge in [-0.1, -0.05) is 13.8 Å². The van der Waals surface area contributed by atoms with E-state index in [4.69, 9.17) is 5.73 Å². The Kier molecular flexibility index (Phi) is 6.08. The number of hydrogen-bond acceptors (Lipinski definition) is 3. The lowest BCUT2D eigenvalue weighted by Gasteiger charge is -2.11. The molecule has 0 aromatic heterocycles. The average molecular weight is 254 g/mol. The Morgan fingerprint density at radius 3 is 2.53 bits per heavy atom. The highest BCUT2D eigenvalue weighted by atomic mass is 32.2. The number of hydrogen-bond donors (Lipinski definition) is 2. The summed E-state index contributed by atoms with van der Waals surface area (Å²) in [5.74, 6) is -0.205. The summed E-state index contributed by atoms with van der Waals surface area (Å²) in [7, 11) is 0. The van der Waals surface area contributed by atoms with E-state index in [9.17, 15) is 4.39 Å². The molecule has 3 N–H and O–H groups in total. The van der Waals surface area contributed by atoms with Crippen LogP contribution in [0.2, 0.25) is 0 Å². The van der Waals surface area contributed by atoms with E-state index in [1.807, 2.05) is 13.8 Å². The minimum absolute atomic E-state index is 0.205. The van der Waals surface area contributed by atoms with Crippen molar-refractivity contribution >= 4 is 17.5 Å². The fourth-order valence-electron chi connectivity index (χ4n) is 1.46. The first kappa shape index (κ1) is 14.1. The van der Waals surface area contributed by atoms with Crippen LogP contribution in [-0.4, -0.2) is 11.9 Å². The fourth-order valence-corrected chi connectivity index (χ4v) is 2.44. The van der Waals surface area contributed by atoms with E-state index in [1.54, 1.807) is 23.9 Å². The number of halogens is 1. The summed E-state index contributed by atoms with van der Waals surface area (Å²) < 4.78 is 12.7. The third-order valence-electron chi connectivity index (χ3n) is 2.25. The van der Waals surface area contributed by atoms with E-state index in [2.05, 4.69) is 10.7 Å². The van der Waals surface area contributed by atoms with E-state index in [1.165, 1.54) is 12.1 Å². The summed E-state index contributed by atoms with van der Waals surface area (Å²) in [6, 6.07) is 6.50. The lowest BCUT2D eigenvalue weighted by molar-refractivity contribution is 0.627. The van der Waals surface area contributed by atoms with Crippen molar-refractivity contribution in [3.05, 3.63) is 41.1 Å². The number of thioether (sulfide) groups is 1. The topological polar surface area (TPSA) is 38.0 Å². The SMILES string of the molecule is CC.NCCC1NC(c2ccc(F)cc2)=CS1. The van der Waals surface area contributed by atoms with Gasteiger partial charge in [0.2, 0.25) is 0 Å². The van der Waals surface area contributed by atoms with Crippen LogP contribution in [0.5, 0.6) is 0 Å². The van der Waals surface area contributed by atoms with E-state index in [0.29, 0.717) is 11.9 Å². The van der Waals surface area contributed by atoms with Crippen LogP contribution < -0.4 is 11.1 Å². The maximum absolute atomic E-state index is 12.7. The van der Waals surface area contributed by atoms with Crippen LogP contribution in [0.1, 0.15) is 25.8 Å². The zero-order chi connectivity index (χ0) is 12.7. The number of nitrogens with one attached hydrogen (secondary N) is 1. The summed E-state index contributed by atoms with van der Waals surface area (Å²) in [6.07, 6.45) is 0.936. The molecule has 1 unspecified atom stereocenters. The summed E-state index contributed by atoms with van der Waals surface area (Å²) in [5, 5.41) is 5.77. The Morgan fingerprint density at radius 1 is 1.29 bits per heavy atom. The van der Waals surface area contributed by atoms with Crippen LogP contribution in [0.4, 0.5) is 4.39 Å². The zero-order valence-corrected chi connectivity index (χ0v) is 11.1. The Hall–Kier alpha value is -1.000. The van der Waals surface area contributed by atoms with E-state index in [0.717, 1.165) is 17.7 Å². The normalized spacial score (nSPS) is 17.9. The van der Waals surface area contributed by atoms with Crippen molar-refractivity contribution < 1.29 is 4.39 Å². The molecule has 0 saturated heterocycles. The molecule has 0 bridgehead atoms. The minimum Gasteiger partial charge on any atom is -0.372 e. The van der Waals surface area contributed by atoms with Crippen molar-refractivity contribution in [1.29, 1.82) is 0 Å². The highest BCUT2D eigenvalue weighted by Gasteiger charge is 2.16. The molecule has 94 valence electrons. The van der Waals surface area contributed by atoms with Crippen molar-refractivity contribution in [1.82, 2.24) is 5.32 Å². The molecule has 1 aliphatic heterocycles. The van der Waals surface area contributed by atoms with Crippen LogP contribution in [0.25, 0.3) is 5.70 Å². The van der Waals surface area contributed by atoms with Crippen molar-refractivity contribution in [2.24, 2.45) is 5.73 Å². The fraction of sp³-hybridized carbons (Fsp3) is 0.385. The van der Waals surface area contributed by atoms with Crippen LogP contribution in [0, 0.1) is 5.82 Å². The maximum atomic E-state index is 12.7. The van der Waals surface area contributed by atoms with Gasteiger partial charge < -0.3 is 11.1 Å². The molecule has 2 nitrogen and oxygen atoms in total. The van der Waals surface area contributed by atoms with Gasteiger partial charge in [0.15, 0.2) is 0 Å². The molecule has 1 aromatic carbocycles. The average Bonchev–Trinajstić information content (AvgIpc) is 2.82. The van der Waals surface area contributed by atoms with Crippen LogP contribution >= 0.6 is 11.8 Å². The van der Waals surface area contributed by atoms with Crippen LogP contribution in [0.3, 0.4) is 0 Å². The number of benzene rings is 1. The second kappa shape index (κ2) is 7.35. The highest BCUT2D eigenvalue weighted by Crippen LogP contribution is 2.28. The first-order chi connectivity index (χ1) is 8.29. The minimum atomic E-state index is -0.205. The smallest absolute Gasteiger partial charge is 0.123 e. The molecule has 1 aliphatic rings. The largest absolute Gasteiger partial charge is 0.372 e. The standard InChI is InChI=1S/C11H13FN2S.C2H6/c12-9-3-1-8(2-4-9)10-7-15-11(14-10)5-6-13;1-2/h1-4,7,11,14H,5-6,13H2;1-2H3. The molecule has 0 fully saturated rings. The molecule has 1 aromatic rings. The van der Waals surface area contributed by atoms with E-state index >= 15 is 0 Å². The van der Waals surface area contributed by atoms with Gasteiger partial charge in [-0.3, -0.25) is 0 Å². The van der Waals surface area contributed by atoms with Gasteiger partial charge in [-0.2, -0.15) is 0 Å². The first-order valence-corrected chi connectivity index (χ1v) is 6.82. The van der Waals surface area contributed by atoms with Gasteiger partial charge in [-0.15, -0.1) is 11.8 Å². The van der Waals surface area contributed by atoms with Crippen LogP contribution in [-0.2, 0) is 0 Å². The Labute approximate surface area is 106 Å². The molecule has 1 heterocycles. The van der Waals surface area contributed by atoms with E-state index in [-0.39, 0.29) is 5.82 Å². The summed E-state index contributed by atoms with van der Waals surface area (Å²) in [6.45, 7) is 4.68. The molecule has 4 heteroatoms. The Bertz CT molecular complexity index is 362. The van der Waals surface area contributed by atoms with Crippen molar-refractivity contribution in [2.75, 3.05) is 6.54 Å². The van der Waals surface area contributed by atoms with Crippen molar-refractivity contribution in [3.8, 4) is 0 Å².